The number of H-pyrrole nitrogens is 1. The van der Waals surface area contributed by atoms with Crippen LogP contribution in [0.15, 0.2) is 16.6 Å². The molecular formula is C15H19BrFN3S. The summed E-state index contributed by atoms with van der Waals surface area (Å²) in [7, 11) is 0. The van der Waals surface area contributed by atoms with Gasteiger partial charge in [-0.2, -0.15) is 0 Å². The largest absolute Gasteiger partial charge is 0.330 e. The number of likely N-dealkylation sites (tertiary alicyclic amines) is 1. The first kappa shape index (κ1) is 15.2. The zero-order valence-corrected chi connectivity index (χ0v) is 14.4. The van der Waals surface area contributed by atoms with Crippen molar-refractivity contribution in [3.05, 3.63) is 27.2 Å². The van der Waals surface area contributed by atoms with E-state index < -0.39 is 0 Å². The first-order chi connectivity index (χ1) is 10.1. The average molecular weight is 372 g/mol. The highest BCUT2D eigenvalue weighted by atomic mass is 79.9. The number of nitrogens with zero attached hydrogens (tertiary/aromatic N) is 2. The van der Waals surface area contributed by atoms with Gasteiger partial charge in [-0.15, -0.1) is 0 Å². The molecular weight excluding hydrogens is 353 g/mol. The molecule has 1 saturated heterocycles. The molecule has 3 nitrogen and oxygen atoms in total. The monoisotopic (exact) mass is 371 g/mol. The maximum absolute atomic E-state index is 13.7. The van der Waals surface area contributed by atoms with E-state index in [9.17, 15) is 4.39 Å². The van der Waals surface area contributed by atoms with Gasteiger partial charge in [-0.3, -0.25) is 0 Å². The van der Waals surface area contributed by atoms with E-state index in [1.807, 2.05) is 6.07 Å². The van der Waals surface area contributed by atoms with E-state index in [1.54, 1.807) is 0 Å². The fourth-order valence-corrected chi connectivity index (χ4v) is 3.89. The van der Waals surface area contributed by atoms with E-state index in [1.165, 1.54) is 19.0 Å². The molecule has 0 atom stereocenters. The molecule has 1 N–H and O–H groups in total. The number of halogens is 2. The Kier molecular flexibility index (Phi) is 4.47. The zero-order chi connectivity index (χ0) is 15.0. The van der Waals surface area contributed by atoms with Gasteiger partial charge in [-0.1, -0.05) is 6.92 Å². The second-order valence-corrected chi connectivity index (χ2v) is 6.90. The van der Waals surface area contributed by atoms with Crippen molar-refractivity contribution in [1.29, 1.82) is 0 Å². The Hall–Kier alpha value is -0.720. The molecule has 1 fully saturated rings. The summed E-state index contributed by atoms with van der Waals surface area (Å²) in [5.74, 6) is -0.260. The van der Waals surface area contributed by atoms with Crippen molar-refractivity contribution in [3.63, 3.8) is 0 Å². The molecule has 21 heavy (non-hydrogen) atoms. The molecule has 114 valence electrons. The Labute approximate surface area is 137 Å². The minimum absolute atomic E-state index is 0.260. The standard InChI is InChI=1S/C15H19BrFN3S/c1-2-5-19-6-3-10(4-7-19)20-14-8-11(16)12(17)9-13(14)18-15(20)21/h8-10H,2-7H2,1H3,(H,18,21). The van der Waals surface area contributed by atoms with Gasteiger partial charge in [0.05, 0.1) is 15.5 Å². The Morgan fingerprint density at radius 3 is 2.76 bits per heavy atom. The summed E-state index contributed by atoms with van der Waals surface area (Å²) in [6.07, 6.45) is 3.38. The van der Waals surface area contributed by atoms with Gasteiger partial charge in [-0.25, -0.2) is 4.39 Å². The normalized spacial score (nSPS) is 17.7. The van der Waals surface area contributed by atoms with Gasteiger partial charge in [0.15, 0.2) is 4.77 Å². The van der Waals surface area contributed by atoms with Crippen molar-refractivity contribution < 1.29 is 4.39 Å². The fraction of sp³-hybridized carbons (Fsp3) is 0.533. The van der Waals surface area contributed by atoms with Crippen LogP contribution >= 0.6 is 28.1 Å². The summed E-state index contributed by atoms with van der Waals surface area (Å²) in [5, 5.41) is 0. The van der Waals surface area contributed by atoms with Crippen LogP contribution < -0.4 is 0 Å². The van der Waals surface area contributed by atoms with E-state index in [2.05, 4.69) is 37.3 Å². The van der Waals surface area contributed by atoms with Crippen LogP contribution in [0.5, 0.6) is 0 Å². The number of nitrogens with one attached hydrogen (secondary N) is 1. The molecule has 1 aromatic carbocycles. The number of piperidine rings is 1. The van der Waals surface area contributed by atoms with Crippen LogP contribution in [-0.2, 0) is 0 Å². The van der Waals surface area contributed by atoms with E-state index in [0.29, 0.717) is 15.3 Å². The molecule has 1 aromatic heterocycles. The Morgan fingerprint density at radius 1 is 1.38 bits per heavy atom. The summed E-state index contributed by atoms with van der Waals surface area (Å²) >= 11 is 8.73. The number of imidazole rings is 1. The molecule has 0 amide bonds. The molecule has 1 aliphatic rings. The van der Waals surface area contributed by atoms with Crippen LogP contribution in [0.2, 0.25) is 0 Å². The SMILES string of the molecule is CCCN1CCC(n2c(=S)[nH]c3cc(F)c(Br)cc32)CC1. The molecule has 1 aliphatic heterocycles. The van der Waals surface area contributed by atoms with Gasteiger partial charge in [0.2, 0.25) is 0 Å². The third-order valence-corrected chi connectivity index (χ3v) is 5.13. The van der Waals surface area contributed by atoms with Crippen LogP contribution in [-0.4, -0.2) is 34.1 Å². The highest BCUT2D eigenvalue weighted by Crippen LogP contribution is 2.30. The number of hydrogen-bond acceptors (Lipinski definition) is 2. The Balaban J connectivity index is 1.92. The highest BCUT2D eigenvalue weighted by Gasteiger charge is 2.22. The van der Waals surface area contributed by atoms with Gasteiger partial charge < -0.3 is 14.5 Å². The third-order valence-electron chi connectivity index (χ3n) is 4.22. The van der Waals surface area contributed by atoms with Crippen molar-refractivity contribution in [3.8, 4) is 0 Å². The van der Waals surface area contributed by atoms with Crippen LogP contribution in [0.3, 0.4) is 0 Å². The number of rotatable bonds is 3. The zero-order valence-electron chi connectivity index (χ0n) is 12.0. The van der Waals surface area contributed by atoms with Crippen LogP contribution in [0, 0.1) is 10.6 Å². The molecule has 0 spiro atoms. The van der Waals surface area contributed by atoms with E-state index in [-0.39, 0.29) is 5.82 Å². The predicted octanol–water partition coefficient (Wildman–Crippen LogP) is 4.65. The smallest absolute Gasteiger partial charge is 0.178 e. The molecule has 0 radical (unpaired) electrons. The van der Waals surface area contributed by atoms with Gasteiger partial charge in [-0.05, 0) is 60.0 Å². The molecule has 0 unspecified atom stereocenters. The lowest BCUT2D eigenvalue weighted by atomic mass is 10.0. The summed E-state index contributed by atoms with van der Waals surface area (Å²) in [6, 6.07) is 3.74. The quantitative estimate of drug-likeness (QED) is 0.794. The lowest BCUT2D eigenvalue weighted by Crippen LogP contribution is -2.35. The molecule has 3 rings (SSSR count). The summed E-state index contributed by atoms with van der Waals surface area (Å²) in [6.45, 7) is 5.60. The second-order valence-electron chi connectivity index (χ2n) is 5.66. The summed E-state index contributed by atoms with van der Waals surface area (Å²) in [5.41, 5.74) is 1.76. The van der Waals surface area contributed by atoms with Crippen molar-refractivity contribution in [2.24, 2.45) is 0 Å². The number of aromatic nitrogens is 2. The van der Waals surface area contributed by atoms with Crippen LogP contribution in [0.4, 0.5) is 4.39 Å². The molecule has 2 heterocycles. The first-order valence-corrected chi connectivity index (χ1v) is 8.62. The fourth-order valence-electron chi connectivity index (χ4n) is 3.20. The van der Waals surface area contributed by atoms with Crippen molar-refractivity contribution in [2.45, 2.75) is 32.2 Å². The summed E-state index contributed by atoms with van der Waals surface area (Å²) in [4.78, 5) is 5.64. The van der Waals surface area contributed by atoms with Crippen molar-refractivity contribution in [1.82, 2.24) is 14.5 Å². The maximum Gasteiger partial charge on any atom is 0.178 e. The Morgan fingerprint density at radius 2 is 2.10 bits per heavy atom. The number of fused-ring (bicyclic) bond motifs is 1. The second kappa shape index (κ2) is 6.18. The number of hydrogen-bond donors (Lipinski definition) is 1. The van der Waals surface area contributed by atoms with Crippen molar-refractivity contribution >= 4 is 39.2 Å². The minimum Gasteiger partial charge on any atom is -0.330 e. The van der Waals surface area contributed by atoms with Gasteiger partial charge in [0.25, 0.3) is 0 Å². The molecule has 0 aliphatic carbocycles. The minimum atomic E-state index is -0.260. The highest BCUT2D eigenvalue weighted by molar-refractivity contribution is 9.10. The van der Waals surface area contributed by atoms with E-state index in [4.69, 9.17) is 12.2 Å². The first-order valence-electron chi connectivity index (χ1n) is 7.41. The molecule has 2 aromatic rings. The van der Waals surface area contributed by atoms with Gasteiger partial charge in [0.1, 0.15) is 5.82 Å². The third kappa shape index (κ3) is 2.94. The topological polar surface area (TPSA) is 24.0 Å². The predicted molar refractivity (Wildman–Crippen MR) is 89.8 cm³/mol. The van der Waals surface area contributed by atoms with Gasteiger partial charge >= 0.3 is 0 Å². The lowest BCUT2D eigenvalue weighted by molar-refractivity contribution is 0.188. The van der Waals surface area contributed by atoms with Gasteiger partial charge in [0, 0.05) is 25.2 Å². The lowest BCUT2D eigenvalue weighted by Gasteiger charge is -2.32. The van der Waals surface area contributed by atoms with E-state index >= 15 is 0 Å². The molecule has 0 saturated carbocycles. The average Bonchev–Trinajstić information content (AvgIpc) is 2.76. The van der Waals surface area contributed by atoms with Crippen LogP contribution in [0.25, 0.3) is 11.0 Å². The number of aromatic amines is 1. The Bertz CT molecular complexity index is 701. The molecule has 0 bridgehead atoms. The number of benzene rings is 1. The van der Waals surface area contributed by atoms with E-state index in [0.717, 1.165) is 37.0 Å². The van der Waals surface area contributed by atoms with Crippen molar-refractivity contribution in [2.75, 3.05) is 19.6 Å². The maximum atomic E-state index is 13.7. The molecule has 6 heteroatoms. The van der Waals surface area contributed by atoms with Crippen LogP contribution in [0.1, 0.15) is 32.2 Å². The summed E-state index contributed by atoms with van der Waals surface area (Å²) < 4.78 is 17.0.